The zero-order valence-electron chi connectivity index (χ0n) is 9.61. The number of carbonyl (C=O) groups excluding carboxylic acids is 1. The first-order chi connectivity index (χ1) is 8.06. The zero-order chi connectivity index (χ0) is 12.8. The van der Waals surface area contributed by atoms with Gasteiger partial charge in [0.2, 0.25) is 5.82 Å². The second kappa shape index (κ2) is 6.08. The molecule has 0 heterocycles. The van der Waals surface area contributed by atoms with E-state index in [4.69, 9.17) is 0 Å². The molecule has 0 saturated carbocycles. The summed E-state index contributed by atoms with van der Waals surface area (Å²) in [5.74, 6) is -0.778. The van der Waals surface area contributed by atoms with Crippen molar-refractivity contribution in [2.24, 2.45) is 0 Å². The largest absolute Gasteiger partial charge is 0.305 e. The van der Waals surface area contributed by atoms with Crippen LogP contribution in [0.15, 0.2) is 18.2 Å². The SMILES string of the molecule is CCCC(=O)CCc1cccc([N+](=O)[O-])c1F. The van der Waals surface area contributed by atoms with Gasteiger partial charge in [0, 0.05) is 18.9 Å². The molecule has 0 unspecified atom stereocenters. The Morgan fingerprint density at radius 2 is 2.12 bits per heavy atom. The fourth-order valence-corrected chi connectivity index (χ4v) is 1.58. The molecule has 0 radical (unpaired) electrons. The summed E-state index contributed by atoms with van der Waals surface area (Å²) in [5, 5.41) is 10.5. The molecule has 4 nitrogen and oxygen atoms in total. The van der Waals surface area contributed by atoms with Crippen LogP contribution in [0.3, 0.4) is 0 Å². The van der Waals surface area contributed by atoms with Crippen LogP contribution in [-0.2, 0) is 11.2 Å². The van der Waals surface area contributed by atoms with Gasteiger partial charge in [-0.25, -0.2) is 0 Å². The van der Waals surface area contributed by atoms with Crippen LogP contribution in [0, 0.1) is 15.9 Å². The molecule has 0 aromatic heterocycles. The molecule has 0 aliphatic rings. The highest BCUT2D eigenvalue weighted by atomic mass is 19.1. The molecule has 5 heteroatoms. The lowest BCUT2D eigenvalue weighted by Crippen LogP contribution is -2.02. The molecule has 0 aliphatic heterocycles. The number of carbonyl (C=O) groups is 1. The van der Waals surface area contributed by atoms with E-state index in [2.05, 4.69) is 0 Å². The minimum atomic E-state index is -0.832. The molecule has 17 heavy (non-hydrogen) atoms. The molecule has 0 aliphatic carbocycles. The fourth-order valence-electron chi connectivity index (χ4n) is 1.58. The highest BCUT2D eigenvalue weighted by Gasteiger charge is 2.17. The van der Waals surface area contributed by atoms with Crippen molar-refractivity contribution in [2.75, 3.05) is 0 Å². The second-order valence-electron chi connectivity index (χ2n) is 3.80. The van der Waals surface area contributed by atoms with Crippen LogP contribution < -0.4 is 0 Å². The standard InChI is InChI=1S/C12H14FNO3/c1-2-4-10(15)8-7-9-5-3-6-11(12(9)13)14(16)17/h3,5-6H,2,4,7-8H2,1H3. The Labute approximate surface area is 98.6 Å². The summed E-state index contributed by atoms with van der Waals surface area (Å²) < 4.78 is 13.6. The van der Waals surface area contributed by atoms with Crippen LogP contribution in [0.1, 0.15) is 31.7 Å². The van der Waals surface area contributed by atoms with E-state index in [1.165, 1.54) is 12.1 Å². The van der Waals surface area contributed by atoms with E-state index in [1.54, 1.807) is 0 Å². The van der Waals surface area contributed by atoms with Crippen molar-refractivity contribution in [3.63, 3.8) is 0 Å². The third kappa shape index (κ3) is 3.62. The highest BCUT2D eigenvalue weighted by Crippen LogP contribution is 2.21. The quantitative estimate of drug-likeness (QED) is 0.566. The molecule has 0 atom stereocenters. The topological polar surface area (TPSA) is 60.2 Å². The molecule has 0 amide bonds. The van der Waals surface area contributed by atoms with Crippen molar-refractivity contribution >= 4 is 11.5 Å². The summed E-state index contributed by atoms with van der Waals surface area (Å²) >= 11 is 0. The third-order valence-corrected chi connectivity index (χ3v) is 2.46. The van der Waals surface area contributed by atoms with Gasteiger partial charge in [0.1, 0.15) is 5.78 Å². The Hall–Kier alpha value is -1.78. The van der Waals surface area contributed by atoms with Crippen molar-refractivity contribution in [2.45, 2.75) is 32.6 Å². The number of halogens is 1. The average Bonchev–Trinajstić information content (AvgIpc) is 2.27. The monoisotopic (exact) mass is 239 g/mol. The van der Waals surface area contributed by atoms with E-state index >= 15 is 0 Å². The van der Waals surface area contributed by atoms with Gasteiger partial charge >= 0.3 is 5.69 Å². The van der Waals surface area contributed by atoms with Crippen LogP contribution >= 0.6 is 0 Å². The first-order valence-corrected chi connectivity index (χ1v) is 5.49. The van der Waals surface area contributed by atoms with E-state index in [0.717, 1.165) is 12.5 Å². The van der Waals surface area contributed by atoms with Crippen LogP contribution in [0.25, 0.3) is 0 Å². The molecular formula is C12H14FNO3. The van der Waals surface area contributed by atoms with E-state index in [0.29, 0.717) is 6.42 Å². The van der Waals surface area contributed by atoms with E-state index in [1.807, 2.05) is 6.92 Å². The Morgan fingerprint density at radius 1 is 1.41 bits per heavy atom. The van der Waals surface area contributed by atoms with Crippen LogP contribution in [0.4, 0.5) is 10.1 Å². The Bertz CT molecular complexity index is 432. The zero-order valence-corrected chi connectivity index (χ0v) is 9.61. The van der Waals surface area contributed by atoms with Gasteiger partial charge in [-0.3, -0.25) is 14.9 Å². The molecule has 0 bridgehead atoms. The smallest absolute Gasteiger partial charge is 0.300 e. The maximum atomic E-state index is 13.6. The first-order valence-electron chi connectivity index (χ1n) is 5.49. The Balaban J connectivity index is 2.75. The molecule has 1 rings (SSSR count). The first kappa shape index (κ1) is 13.3. The van der Waals surface area contributed by atoms with Crippen LogP contribution in [0.2, 0.25) is 0 Å². The Morgan fingerprint density at radius 3 is 2.71 bits per heavy atom. The number of hydrogen-bond acceptors (Lipinski definition) is 3. The predicted molar refractivity (Wildman–Crippen MR) is 61.3 cm³/mol. The number of rotatable bonds is 6. The summed E-state index contributed by atoms with van der Waals surface area (Å²) in [6.07, 6.45) is 1.67. The minimum absolute atomic E-state index is 0.0541. The van der Waals surface area contributed by atoms with Crippen molar-refractivity contribution in [3.8, 4) is 0 Å². The average molecular weight is 239 g/mol. The van der Waals surface area contributed by atoms with Gasteiger partial charge in [-0.2, -0.15) is 4.39 Å². The lowest BCUT2D eigenvalue weighted by molar-refractivity contribution is -0.387. The molecule has 1 aromatic carbocycles. The number of ketones is 1. The van der Waals surface area contributed by atoms with Gasteiger partial charge in [-0.05, 0) is 18.4 Å². The van der Waals surface area contributed by atoms with E-state index in [9.17, 15) is 19.3 Å². The summed E-state index contributed by atoms with van der Waals surface area (Å²) in [7, 11) is 0. The van der Waals surface area contributed by atoms with Gasteiger partial charge in [0.05, 0.1) is 4.92 Å². The van der Waals surface area contributed by atoms with Gasteiger partial charge in [0.15, 0.2) is 0 Å². The van der Waals surface area contributed by atoms with Crippen LogP contribution in [-0.4, -0.2) is 10.7 Å². The maximum absolute atomic E-state index is 13.6. The molecular weight excluding hydrogens is 225 g/mol. The second-order valence-corrected chi connectivity index (χ2v) is 3.80. The van der Waals surface area contributed by atoms with Gasteiger partial charge in [-0.1, -0.05) is 19.1 Å². The minimum Gasteiger partial charge on any atom is -0.300 e. The summed E-state index contributed by atoms with van der Waals surface area (Å²) in [4.78, 5) is 21.0. The van der Waals surface area contributed by atoms with Gasteiger partial charge < -0.3 is 0 Å². The lowest BCUT2D eigenvalue weighted by Gasteiger charge is -2.02. The molecule has 1 aromatic rings. The lowest BCUT2D eigenvalue weighted by atomic mass is 10.0. The van der Waals surface area contributed by atoms with Crippen molar-refractivity contribution in [1.82, 2.24) is 0 Å². The number of benzene rings is 1. The molecule has 0 spiro atoms. The number of aryl methyl sites for hydroxylation is 1. The summed E-state index contributed by atoms with van der Waals surface area (Å²) in [6, 6.07) is 4.02. The fraction of sp³-hybridized carbons (Fsp3) is 0.417. The molecule has 0 fully saturated rings. The molecule has 92 valence electrons. The van der Waals surface area contributed by atoms with Crippen LogP contribution in [0.5, 0.6) is 0 Å². The van der Waals surface area contributed by atoms with Gasteiger partial charge in [0.25, 0.3) is 0 Å². The number of hydrogen-bond donors (Lipinski definition) is 0. The third-order valence-electron chi connectivity index (χ3n) is 2.46. The number of nitro groups is 1. The van der Waals surface area contributed by atoms with Crippen molar-refractivity contribution in [1.29, 1.82) is 0 Å². The van der Waals surface area contributed by atoms with E-state index < -0.39 is 16.4 Å². The van der Waals surface area contributed by atoms with Crippen molar-refractivity contribution in [3.05, 3.63) is 39.7 Å². The van der Waals surface area contributed by atoms with E-state index in [-0.39, 0.29) is 24.2 Å². The number of Topliss-reactive ketones (excluding diaryl/α,β-unsaturated/α-hetero) is 1. The normalized spacial score (nSPS) is 10.2. The summed E-state index contributed by atoms with van der Waals surface area (Å²) in [5.41, 5.74) is -0.311. The molecule has 0 N–H and O–H groups in total. The summed E-state index contributed by atoms with van der Waals surface area (Å²) in [6.45, 7) is 1.89. The molecule has 0 saturated heterocycles. The van der Waals surface area contributed by atoms with Crippen molar-refractivity contribution < 1.29 is 14.1 Å². The predicted octanol–water partition coefficient (Wildman–Crippen LogP) is 3.04. The Kier molecular flexibility index (Phi) is 4.75. The highest BCUT2D eigenvalue weighted by molar-refractivity contribution is 5.78. The van der Waals surface area contributed by atoms with Gasteiger partial charge in [-0.15, -0.1) is 0 Å². The number of nitrogens with zero attached hydrogens (tertiary/aromatic N) is 1. The number of nitro benzene ring substituents is 1. The maximum Gasteiger partial charge on any atom is 0.305 e.